The summed E-state index contributed by atoms with van der Waals surface area (Å²) in [6.45, 7) is 4.01. The molecule has 3 aromatic heterocycles. The number of nitrogens with zero attached hydrogens (tertiary/aromatic N) is 5. The number of aliphatic hydroxyl groups is 1. The fraction of sp³-hybridized carbons (Fsp3) is 0.324. The first-order valence-corrected chi connectivity index (χ1v) is 17.0. The lowest BCUT2D eigenvalue weighted by Crippen LogP contribution is -2.37. The molecule has 288 valence electrons. The standard InChI is InChI=1S/C37H32ClF6N7O4/c1-17-12-24-29(32(41)42)48-51(31(24)37(17,43)44)34(52)46-26(15-18-13-19(39)16-20(40)14-18)28-22(7-6-21(45-28)10-11-36(2,3)54)23-8-9-25(38)27-30(23)50(4)49-33(27)47-35(53)55-5/h6-9,13-14,16-17,26,32,54H,12,15H2,1-5H3,(H,46,52)(H,47,49,53)/t17-,26?/m1/s1. The molecule has 1 aliphatic carbocycles. The van der Waals surface area contributed by atoms with Crippen molar-refractivity contribution in [2.75, 3.05) is 12.4 Å². The van der Waals surface area contributed by atoms with Crippen LogP contribution in [0.5, 0.6) is 0 Å². The first-order chi connectivity index (χ1) is 25.8. The number of methoxy groups -OCH3 is 1. The average molecular weight is 788 g/mol. The second-order valence-electron chi connectivity index (χ2n) is 13.5. The van der Waals surface area contributed by atoms with E-state index in [1.54, 1.807) is 19.2 Å². The summed E-state index contributed by atoms with van der Waals surface area (Å²) in [4.78, 5) is 30.9. The number of aromatic nitrogens is 5. The number of aryl methyl sites for hydroxylation is 1. The van der Waals surface area contributed by atoms with Gasteiger partial charge in [0.2, 0.25) is 0 Å². The average Bonchev–Trinajstić information content (AvgIpc) is 3.72. The number of alkyl halides is 4. The molecule has 1 unspecified atom stereocenters. The van der Waals surface area contributed by atoms with Crippen molar-refractivity contribution in [1.82, 2.24) is 29.9 Å². The van der Waals surface area contributed by atoms with Gasteiger partial charge in [0, 0.05) is 35.7 Å². The first kappa shape index (κ1) is 39.1. The highest BCUT2D eigenvalue weighted by molar-refractivity contribution is 6.37. The Bertz CT molecular complexity index is 2390. The Morgan fingerprint density at radius 3 is 2.40 bits per heavy atom. The fourth-order valence-electron chi connectivity index (χ4n) is 6.48. The van der Waals surface area contributed by atoms with Crippen LogP contribution in [0.1, 0.15) is 67.1 Å². The lowest BCUT2D eigenvalue weighted by atomic mass is 9.93. The van der Waals surface area contributed by atoms with Crippen LogP contribution in [0.25, 0.3) is 22.0 Å². The summed E-state index contributed by atoms with van der Waals surface area (Å²) in [7, 11) is 2.70. The Balaban J connectivity index is 1.59. The Morgan fingerprint density at radius 1 is 1.09 bits per heavy atom. The zero-order chi connectivity index (χ0) is 40.1. The Hall–Kier alpha value is -5.60. The van der Waals surface area contributed by atoms with Gasteiger partial charge in [0.1, 0.15) is 34.3 Å². The van der Waals surface area contributed by atoms with Gasteiger partial charge in [0.25, 0.3) is 12.3 Å². The molecule has 2 aromatic carbocycles. The molecule has 6 rings (SSSR count). The van der Waals surface area contributed by atoms with Crippen LogP contribution in [-0.4, -0.2) is 54.5 Å². The van der Waals surface area contributed by atoms with Crippen LogP contribution < -0.4 is 10.6 Å². The zero-order valence-electron chi connectivity index (χ0n) is 29.7. The third-order valence-electron chi connectivity index (χ3n) is 8.90. The number of amides is 2. The molecule has 11 nitrogen and oxygen atoms in total. The van der Waals surface area contributed by atoms with E-state index in [2.05, 4.69) is 37.7 Å². The lowest BCUT2D eigenvalue weighted by Gasteiger charge is -2.23. The van der Waals surface area contributed by atoms with E-state index < -0.39 is 83.5 Å². The number of nitrogens with one attached hydrogen (secondary N) is 2. The molecule has 0 spiro atoms. The van der Waals surface area contributed by atoms with Crippen molar-refractivity contribution in [3.8, 4) is 23.0 Å². The maximum Gasteiger partial charge on any atom is 0.412 e. The number of benzene rings is 2. The summed E-state index contributed by atoms with van der Waals surface area (Å²) in [6, 6.07) is 5.91. The van der Waals surface area contributed by atoms with E-state index in [-0.39, 0.29) is 43.4 Å². The van der Waals surface area contributed by atoms with Crippen LogP contribution in [0.3, 0.4) is 0 Å². The van der Waals surface area contributed by atoms with E-state index in [0.29, 0.717) is 17.1 Å². The number of hydrogen-bond acceptors (Lipinski definition) is 7. The highest BCUT2D eigenvalue weighted by Gasteiger charge is 2.52. The largest absolute Gasteiger partial charge is 0.453 e. The summed E-state index contributed by atoms with van der Waals surface area (Å²) in [5.41, 5.74) is -2.97. The Morgan fingerprint density at radius 2 is 1.76 bits per heavy atom. The van der Waals surface area contributed by atoms with Crippen molar-refractivity contribution in [3.63, 3.8) is 0 Å². The van der Waals surface area contributed by atoms with Crippen LogP contribution in [-0.2, 0) is 30.5 Å². The van der Waals surface area contributed by atoms with Crippen molar-refractivity contribution in [2.45, 2.75) is 57.6 Å². The van der Waals surface area contributed by atoms with Gasteiger partial charge in [-0.2, -0.15) is 23.7 Å². The molecule has 0 aliphatic heterocycles. The fourth-order valence-corrected chi connectivity index (χ4v) is 6.72. The highest BCUT2D eigenvalue weighted by atomic mass is 35.5. The quantitative estimate of drug-likeness (QED) is 0.113. The van der Waals surface area contributed by atoms with E-state index in [1.165, 1.54) is 30.7 Å². The van der Waals surface area contributed by atoms with E-state index in [0.717, 1.165) is 26.2 Å². The molecule has 1 aliphatic rings. The van der Waals surface area contributed by atoms with Gasteiger partial charge in [0.15, 0.2) is 5.82 Å². The molecular weight excluding hydrogens is 756 g/mol. The van der Waals surface area contributed by atoms with Gasteiger partial charge in [-0.25, -0.2) is 32.1 Å². The molecule has 3 heterocycles. The molecule has 0 saturated carbocycles. The van der Waals surface area contributed by atoms with Gasteiger partial charge in [0.05, 0.1) is 34.8 Å². The molecule has 5 aromatic rings. The number of halogens is 7. The summed E-state index contributed by atoms with van der Waals surface area (Å²) in [5.74, 6) is -1.67. The number of carbonyl (C=O) groups excluding carboxylic acids is 2. The predicted molar refractivity (Wildman–Crippen MR) is 189 cm³/mol. The topological polar surface area (TPSA) is 136 Å². The summed E-state index contributed by atoms with van der Waals surface area (Å²) in [6.07, 6.45) is -5.00. The lowest BCUT2D eigenvalue weighted by molar-refractivity contribution is -0.0514. The van der Waals surface area contributed by atoms with Crippen LogP contribution >= 0.6 is 11.6 Å². The summed E-state index contributed by atoms with van der Waals surface area (Å²) in [5, 5.41) is 23.8. The van der Waals surface area contributed by atoms with Crippen molar-refractivity contribution in [3.05, 3.63) is 93.0 Å². The van der Waals surface area contributed by atoms with Gasteiger partial charge < -0.3 is 15.2 Å². The normalized spacial score (nSPS) is 15.4. The van der Waals surface area contributed by atoms with Crippen LogP contribution in [0.4, 0.5) is 41.7 Å². The van der Waals surface area contributed by atoms with Crippen LogP contribution in [0.2, 0.25) is 5.02 Å². The second-order valence-corrected chi connectivity index (χ2v) is 13.9. The van der Waals surface area contributed by atoms with Gasteiger partial charge in [-0.05, 0) is 68.5 Å². The van der Waals surface area contributed by atoms with Crippen LogP contribution in [0.15, 0.2) is 42.5 Å². The SMILES string of the molecule is COC(=O)Nc1nn(C)c2c(-c3ccc(C#CC(C)(C)O)nc3C(Cc3cc(F)cc(F)c3)NC(=O)n3nc(C(F)F)c4c3C(F)(F)[C@H](C)C4)ccc(Cl)c12. The van der Waals surface area contributed by atoms with Crippen molar-refractivity contribution in [1.29, 1.82) is 0 Å². The molecule has 0 fully saturated rings. The third kappa shape index (κ3) is 7.69. The maximum absolute atomic E-state index is 15.5. The Labute approximate surface area is 314 Å². The number of fused-ring (bicyclic) bond motifs is 2. The van der Waals surface area contributed by atoms with Gasteiger partial charge >= 0.3 is 12.1 Å². The molecule has 0 bridgehead atoms. The van der Waals surface area contributed by atoms with Crippen molar-refractivity contribution >= 4 is 40.4 Å². The van der Waals surface area contributed by atoms with Gasteiger partial charge in [-0.3, -0.25) is 10.00 Å². The zero-order valence-corrected chi connectivity index (χ0v) is 30.5. The molecule has 55 heavy (non-hydrogen) atoms. The maximum atomic E-state index is 15.5. The highest BCUT2D eigenvalue weighted by Crippen LogP contribution is 2.48. The predicted octanol–water partition coefficient (Wildman–Crippen LogP) is 7.83. The Kier molecular flexibility index (Phi) is 10.4. The molecule has 0 saturated heterocycles. The number of pyridine rings is 1. The molecule has 2 atom stereocenters. The van der Waals surface area contributed by atoms with E-state index in [4.69, 9.17) is 16.3 Å². The molecule has 3 N–H and O–H groups in total. The molecular formula is C37H32ClF6N7O4. The molecule has 2 amide bonds. The minimum absolute atomic E-state index is 0.00667. The number of carbonyl (C=O) groups is 2. The van der Waals surface area contributed by atoms with Gasteiger partial charge in [-0.15, -0.1) is 0 Å². The molecule has 18 heteroatoms. The number of anilines is 1. The van der Waals surface area contributed by atoms with Gasteiger partial charge in [-0.1, -0.05) is 30.5 Å². The van der Waals surface area contributed by atoms with Crippen LogP contribution in [0, 0.1) is 29.4 Å². The molecule has 0 radical (unpaired) electrons. The van der Waals surface area contributed by atoms with E-state index in [1.807, 2.05) is 0 Å². The van der Waals surface area contributed by atoms with Crippen molar-refractivity contribution < 1.29 is 45.8 Å². The second kappa shape index (κ2) is 14.6. The minimum atomic E-state index is -3.71. The van der Waals surface area contributed by atoms with Crippen molar-refractivity contribution in [2.24, 2.45) is 13.0 Å². The summed E-state index contributed by atoms with van der Waals surface area (Å²) < 4.78 is 94.5. The van der Waals surface area contributed by atoms with E-state index in [9.17, 15) is 32.3 Å². The first-order valence-electron chi connectivity index (χ1n) is 16.6. The van der Waals surface area contributed by atoms with E-state index >= 15 is 8.78 Å². The number of rotatable bonds is 7. The number of ether oxygens (including phenoxy) is 1. The summed E-state index contributed by atoms with van der Waals surface area (Å²) >= 11 is 6.60. The number of hydrogen-bond donors (Lipinski definition) is 3. The monoisotopic (exact) mass is 787 g/mol. The third-order valence-corrected chi connectivity index (χ3v) is 9.22. The smallest absolute Gasteiger partial charge is 0.412 e. The minimum Gasteiger partial charge on any atom is -0.453 e.